The van der Waals surface area contributed by atoms with Gasteiger partial charge in [0.15, 0.2) is 0 Å². The Labute approximate surface area is 143 Å². The zero-order chi connectivity index (χ0) is 16.5. The maximum absolute atomic E-state index is 6.17. The van der Waals surface area contributed by atoms with Crippen molar-refractivity contribution in [1.29, 1.82) is 0 Å². The minimum absolute atomic E-state index is 0.372. The Morgan fingerprint density at radius 3 is 2.54 bits per heavy atom. The largest absolute Gasteiger partial charge is 0.332 e. The maximum Gasteiger partial charge on any atom is 0.276 e. The molecule has 4 rings (SSSR count). The van der Waals surface area contributed by atoms with E-state index in [0.717, 1.165) is 22.4 Å². The molecule has 5 nitrogen and oxygen atoms in total. The van der Waals surface area contributed by atoms with E-state index in [4.69, 9.17) is 16.1 Å². The quantitative estimate of drug-likeness (QED) is 0.586. The van der Waals surface area contributed by atoms with Crippen LogP contribution in [0.1, 0.15) is 5.56 Å². The summed E-state index contributed by atoms with van der Waals surface area (Å²) in [5.74, 6) is 0.819. The van der Waals surface area contributed by atoms with E-state index >= 15 is 0 Å². The van der Waals surface area contributed by atoms with Crippen LogP contribution in [0.5, 0.6) is 0 Å². The Morgan fingerprint density at radius 1 is 1.00 bits per heavy atom. The molecule has 0 fully saturated rings. The molecule has 0 spiro atoms. The molecule has 0 bridgehead atoms. The molecule has 0 radical (unpaired) electrons. The van der Waals surface area contributed by atoms with Crippen molar-refractivity contribution in [3.8, 4) is 34.2 Å². The average molecular weight is 337 g/mol. The molecule has 0 atom stereocenters. The molecule has 118 valence electrons. The van der Waals surface area contributed by atoms with Crippen LogP contribution >= 0.6 is 11.6 Å². The molecule has 4 aromatic rings. The van der Waals surface area contributed by atoms with Crippen molar-refractivity contribution in [2.24, 2.45) is 0 Å². The predicted octanol–water partition coefficient (Wildman–Crippen LogP) is 4.76. The summed E-state index contributed by atoms with van der Waals surface area (Å²) < 4.78 is 5.35. The Hall–Kier alpha value is -2.92. The lowest BCUT2D eigenvalue weighted by molar-refractivity contribution is 0.431. The number of hydrogen-bond donors (Lipinski definition) is 1. The zero-order valence-corrected chi connectivity index (χ0v) is 13.6. The summed E-state index contributed by atoms with van der Waals surface area (Å²) in [7, 11) is 0. The second-order valence-electron chi connectivity index (χ2n) is 5.38. The summed E-state index contributed by atoms with van der Waals surface area (Å²) in [6.07, 6.45) is 0. The molecule has 0 unspecified atom stereocenters. The van der Waals surface area contributed by atoms with Crippen LogP contribution in [0.2, 0.25) is 5.02 Å². The molecule has 0 aliphatic carbocycles. The molecule has 2 heterocycles. The highest BCUT2D eigenvalue weighted by Crippen LogP contribution is 2.29. The lowest BCUT2D eigenvalue weighted by atomic mass is 10.1. The number of H-pyrrole nitrogens is 1. The van der Waals surface area contributed by atoms with Crippen LogP contribution in [0, 0.1) is 6.92 Å². The molecule has 0 saturated heterocycles. The number of nitrogens with one attached hydrogen (secondary N) is 1. The third-order valence-corrected chi connectivity index (χ3v) is 4.10. The van der Waals surface area contributed by atoms with Crippen LogP contribution < -0.4 is 0 Å². The van der Waals surface area contributed by atoms with Crippen molar-refractivity contribution >= 4 is 11.6 Å². The Balaban J connectivity index is 1.69. The Kier molecular flexibility index (Phi) is 3.63. The fourth-order valence-electron chi connectivity index (χ4n) is 2.51. The van der Waals surface area contributed by atoms with E-state index in [-0.39, 0.29) is 0 Å². The molecule has 24 heavy (non-hydrogen) atoms. The highest BCUT2D eigenvalue weighted by atomic mass is 35.5. The number of aryl methyl sites for hydroxylation is 1. The third kappa shape index (κ3) is 2.59. The standard InChI is InChI=1S/C18H13ClN4O/c1-11-6-2-3-7-12(11)15-10-16(22-21-15)18-20-17(23-24-18)13-8-4-5-9-14(13)19/h2-10H,1H3,(H,21,22). The number of nitrogens with zero attached hydrogens (tertiary/aromatic N) is 3. The first-order valence-electron chi connectivity index (χ1n) is 7.43. The first-order chi connectivity index (χ1) is 11.7. The van der Waals surface area contributed by atoms with E-state index in [1.807, 2.05) is 55.5 Å². The van der Waals surface area contributed by atoms with E-state index in [2.05, 4.69) is 20.3 Å². The van der Waals surface area contributed by atoms with Crippen molar-refractivity contribution in [3.63, 3.8) is 0 Å². The number of rotatable bonds is 3. The summed E-state index contributed by atoms with van der Waals surface area (Å²) in [4.78, 5) is 4.41. The zero-order valence-electron chi connectivity index (χ0n) is 12.8. The van der Waals surface area contributed by atoms with Gasteiger partial charge in [0.1, 0.15) is 5.69 Å². The fraction of sp³-hybridized carbons (Fsp3) is 0.0556. The third-order valence-electron chi connectivity index (χ3n) is 3.77. The van der Waals surface area contributed by atoms with Gasteiger partial charge in [-0.1, -0.05) is 53.2 Å². The van der Waals surface area contributed by atoms with E-state index in [1.54, 1.807) is 6.07 Å². The molecule has 0 aliphatic rings. The molecular weight excluding hydrogens is 324 g/mol. The summed E-state index contributed by atoms with van der Waals surface area (Å²) in [5, 5.41) is 11.9. The van der Waals surface area contributed by atoms with Gasteiger partial charge in [0.25, 0.3) is 5.89 Å². The second-order valence-corrected chi connectivity index (χ2v) is 5.79. The van der Waals surface area contributed by atoms with E-state index in [1.165, 1.54) is 0 Å². The summed E-state index contributed by atoms with van der Waals surface area (Å²) >= 11 is 6.17. The van der Waals surface area contributed by atoms with Crippen LogP contribution in [-0.4, -0.2) is 20.3 Å². The Bertz CT molecular complexity index is 924. The molecule has 0 amide bonds. The molecule has 2 aromatic carbocycles. The predicted molar refractivity (Wildman–Crippen MR) is 92.5 cm³/mol. The van der Waals surface area contributed by atoms with E-state index in [0.29, 0.717) is 22.4 Å². The minimum atomic E-state index is 0.372. The molecule has 2 aromatic heterocycles. The van der Waals surface area contributed by atoms with Crippen LogP contribution in [0.15, 0.2) is 59.1 Å². The second kappa shape index (κ2) is 5.94. The smallest absolute Gasteiger partial charge is 0.276 e. The summed E-state index contributed by atoms with van der Waals surface area (Å²) in [5.41, 5.74) is 4.44. The molecule has 6 heteroatoms. The maximum atomic E-state index is 6.17. The van der Waals surface area contributed by atoms with E-state index < -0.39 is 0 Å². The van der Waals surface area contributed by atoms with Crippen LogP contribution in [0.4, 0.5) is 0 Å². The average Bonchev–Trinajstić information content (AvgIpc) is 3.25. The number of benzene rings is 2. The van der Waals surface area contributed by atoms with Crippen molar-refractivity contribution in [2.45, 2.75) is 6.92 Å². The molecule has 0 saturated carbocycles. The fourth-order valence-corrected chi connectivity index (χ4v) is 2.73. The number of halogens is 1. The van der Waals surface area contributed by atoms with Gasteiger partial charge < -0.3 is 4.52 Å². The van der Waals surface area contributed by atoms with Crippen LogP contribution in [-0.2, 0) is 0 Å². The number of aromatic nitrogens is 4. The van der Waals surface area contributed by atoms with Gasteiger partial charge in [-0.3, -0.25) is 5.10 Å². The van der Waals surface area contributed by atoms with Crippen LogP contribution in [0.25, 0.3) is 34.2 Å². The highest BCUT2D eigenvalue weighted by Gasteiger charge is 2.15. The van der Waals surface area contributed by atoms with Gasteiger partial charge in [-0.25, -0.2) is 0 Å². The van der Waals surface area contributed by atoms with Gasteiger partial charge in [-0.05, 0) is 30.7 Å². The number of aromatic amines is 1. The van der Waals surface area contributed by atoms with Gasteiger partial charge in [-0.15, -0.1) is 0 Å². The van der Waals surface area contributed by atoms with E-state index in [9.17, 15) is 0 Å². The van der Waals surface area contributed by atoms with Crippen molar-refractivity contribution < 1.29 is 4.52 Å². The van der Waals surface area contributed by atoms with Crippen molar-refractivity contribution in [1.82, 2.24) is 20.3 Å². The van der Waals surface area contributed by atoms with Crippen molar-refractivity contribution in [2.75, 3.05) is 0 Å². The van der Waals surface area contributed by atoms with Gasteiger partial charge >= 0.3 is 0 Å². The van der Waals surface area contributed by atoms with Crippen LogP contribution in [0.3, 0.4) is 0 Å². The first-order valence-corrected chi connectivity index (χ1v) is 7.80. The van der Waals surface area contributed by atoms with Gasteiger partial charge in [-0.2, -0.15) is 10.1 Å². The monoisotopic (exact) mass is 336 g/mol. The highest BCUT2D eigenvalue weighted by molar-refractivity contribution is 6.33. The lowest BCUT2D eigenvalue weighted by Crippen LogP contribution is -1.82. The Morgan fingerprint density at radius 2 is 1.75 bits per heavy atom. The topological polar surface area (TPSA) is 67.6 Å². The molecular formula is C18H13ClN4O. The molecule has 1 N–H and O–H groups in total. The normalized spacial score (nSPS) is 10.9. The lowest BCUT2D eigenvalue weighted by Gasteiger charge is -1.99. The SMILES string of the molecule is Cc1ccccc1-c1cc(-c2nc(-c3ccccc3Cl)no2)[nH]n1. The summed E-state index contributed by atoms with van der Waals surface area (Å²) in [6.45, 7) is 2.05. The van der Waals surface area contributed by atoms with Crippen molar-refractivity contribution in [3.05, 3.63) is 65.2 Å². The molecule has 0 aliphatic heterocycles. The first kappa shape index (κ1) is 14.7. The number of hydrogen-bond acceptors (Lipinski definition) is 4. The van der Waals surface area contributed by atoms with Gasteiger partial charge in [0, 0.05) is 11.1 Å². The van der Waals surface area contributed by atoms with Gasteiger partial charge in [0.05, 0.1) is 10.7 Å². The van der Waals surface area contributed by atoms with Gasteiger partial charge in [0.2, 0.25) is 5.82 Å². The minimum Gasteiger partial charge on any atom is -0.332 e. The summed E-state index contributed by atoms with van der Waals surface area (Å²) in [6, 6.07) is 17.3.